The Hall–Kier alpha value is -1.88. The second-order valence-electron chi connectivity index (χ2n) is 10.0. The van der Waals surface area contributed by atoms with E-state index >= 15 is 0 Å². The van der Waals surface area contributed by atoms with E-state index in [4.69, 9.17) is 4.74 Å². The van der Waals surface area contributed by atoms with E-state index in [0.29, 0.717) is 12.0 Å². The van der Waals surface area contributed by atoms with Gasteiger partial charge < -0.3 is 10.1 Å². The molecule has 1 saturated carbocycles. The molecule has 0 aromatic heterocycles. The zero-order valence-corrected chi connectivity index (χ0v) is 20.3. The summed E-state index contributed by atoms with van der Waals surface area (Å²) < 4.78 is 6.97. The van der Waals surface area contributed by atoms with Crippen molar-refractivity contribution in [1.29, 1.82) is 0 Å². The number of halogens is 1. The Morgan fingerprint density at radius 2 is 1.84 bits per heavy atom. The van der Waals surface area contributed by atoms with Crippen molar-refractivity contribution in [3.63, 3.8) is 0 Å². The Bertz CT molecular complexity index is 951. The molecule has 0 unspecified atom stereocenters. The van der Waals surface area contributed by atoms with Gasteiger partial charge in [0.05, 0.1) is 5.57 Å². The molecule has 31 heavy (non-hydrogen) atoms. The fourth-order valence-corrected chi connectivity index (χ4v) is 5.72. The van der Waals surface area contributed by atoms with Crippen LogP contribution in [0.25, 0.3) is 0 Å². The van der Waals surface area contributed by atoms with E-state index < -0.39 is 5.92 Å². The van der Waals surface area contributed by atoms with E-state index in [9.17, 15) is 9.59 Å². The first kappa shape index (κ1) is 22.3. The Labute approximate surface area is 193 Å². The average molecular weight is 486 g/mol. The van der Waals surface area contributed by atoms with Gasteiger partial charge in [-0.05, 0) is 62.1 Å². The van der Waals surface area contributed by atoms with Gasteiger partial charge in [0.25, 0.3) is 0 Å². The van der Waals surface area contributed by atoms with Crippen LogP contribution in [0.3, 0.4) is 0 Å². The topological polar surface area (TPSA) is 55.4 Å². The van der Waals surface area contributed by atoms with Crippen molar-refractivity contribution in [3.8, 4) is 0 Å². The third-order valence-corrected chi connectivity index (χ3v) is 7.21. The van der Waals surface area contributed by atoms with E-state index in [2.05, 4.69) is 35.1 Å². The van der Waals surface area contributed by atoms with Crippen molar-refractivity contribution in [2.24, 2.45) is 5.41 Å². The molecule has 0 spiro atoms. The van der Waals surface area contributed by atoms with Crippen LogP contribution in [0.5, 0.6) is 0 Å². The van der Waals surface area contributed by atoms with Crippen LogP contribution < -0.4 is 5.32 Å². The number of allylic oxidation sites excluding steroid dienone is 3. The number of esters is 1. The molecule has 1 N–H and O–H groups in total. The van der Waals surface area contributed by atoms with Gasteiger partial charge in [-0.15, -0.1) is 0 Å². The van der Waals surface area contributed by atoms with E-state index in [1.165, 1.54) is 12.8 Å². The number of rotatable bonds is 3. The van der Waals surface area contributed by atoms with Crippen molar-refractivity contribution < 1.29 is 14.3 Å². The molecule has 166 valence electrons. The van der Waals surface area contributed by atoms with Crippen molar-refractivity contribution in [1.82, 2.24) is 5.32 Å². The molecule has 4 nitrogen and oxygen atoms in total. The summed E-state index contributed by atoms with van der Waals surface area (Å²) in [5, 5.41) is 3.43. The van der Waals surface area contributed by atoms with Crippen LogP contribution in [0.15, 0.2) is 51.3 Å². The molecule has 1 heterocycles. The quantitative estimate of drug-likeness (QED) is 0.401. The molecule has 2 aliphatic carbocycles. The molecule has 3 aliphatic rings. The summed E-state index contributed by atoms with van der Waals surface area (Å²) in [7, 11) is 0. The summed E-state index contributed by atoms with van der Waals surface area (Å²) in [5.74, 6) is -0.558. The third kappa shape index (κ3) is 4.82. The maximum Gasteiger partial charge on any atom is 0.337 e. The SMILES string of the molecule is CC1=C(C(=O)OC2CCCCCC2)[C@@H](c2cccc(Br)c2)C2=C(CC(C)(C)CC2=O)N1. The molecular weight excluding hydrogens is 454 g/mol. The van der Waals surface area contributed by atoms with Crippen LogP contribution in [0.4, 0.5) is 0 Å². The van der Waals surface area contributed by atoms with Gasteiger partial charge in [0.2, 0.25) is 0 Å². The van der Waals surface area contributed by atoms with Gasteiger partial charge in [0.1, 0.15) is 6.10 Å². The van der Waals surface area contributed by atoms with Crippen LogP contribution in [-0.4, -0.2) is 17.9 Å². The number of ether oxygens (including phenoxy) is 1. The number of benzene rings is 1. The van der Waals surface area contributed by atoms with E-state index in [1.807, 2.05) is 31.2 Å². The first-order chi connectivity index (χ1) is 14.7. The first-order valence-corrected chi connectivity index (χ1v) is 12.2. The molecule has 4 rings (SSSR count). The zero-order chi connectivity index (χ0) is 22.2. The number of nitrogens with one attached hydrogen (secondary N) is 1. The summed E-state index contributed by atoms with van der Waals surface area (Å²) in [6.45, 7) is 6.18. The fourth-order valence-electron chi connectivity index (χ4n) is 5.30. The van der Waals surface area contributed by atoms with E-state index in [1.54, 1.807) is 0 Å². The second kappa shape index (κ2) is 8.93. The second-order valence-corrected chi connectivity index (χ2v) is 10.9. The van der Waals surface area contributed by atoms with Gasteiger partial charge in [-0.2, -0.15) is 0 Å². The highest BCUT2D eigenvalue weighted by Crippen LogP contribution is 2.47. The molecule has 0 saturated heterocycles. The number of ketones is 1. The summed E-state index contributed by atoms with van der Waals surface area (Å²) in [6.07, 6.45) is 7.72. The Morgan fingerprint density at radius 1 is 1.13 bits per heavy atom. The lowest BCUT2D eigenvalue weighted by Crippen LogP contribution is -2.39. The molecule has 0 bridgehead atoms. The maximum atomic E-state index is 13.5. The Balaban J connectivity index is 1.74. The molecule has 0 amide bonds. The Kier molecular flexibility index (Phi) is 6.43. The monoisotopic (exact) mass is 485 g/mol. The summed E-state index contributed by atoms with van der Waals surface area (Å²) in [6, 6.07) is 7.94. The number of dihydropyridines is 1. The van der Waals surface area contributed by atoms with Crippen molar-refractivity contribution in [2.45, 2.75) is 84.2 Å². The number of carbonyl (C=O) groups is 2. The normalized spacial score (nSPS) is 24.4. The lowest BCUT2D eigenvalue weighted by Gasteiger charge is -2.39. The summed E-state index contributed by atoms with van der Waals surface area (Å²) >= 11 is 3.56. The lowest BCUT2D eigenvalue weighted by molar-refractivity contribution is -0.145. The number of Topliss-reactive ketones (excluding diaryl/α,β-unsaturated/α-hetero) is 1. The average Bonchev–Trinajstić information content (AvgIpc) is 2.94. The minimum atomic E-state index is -0.393. The van der Waals surface area contributed by atoms with Crippen LogP contribution >= 0.6 is 15.9 Å². The fraction of sp³-hybridized carbons (Fsp3) is 0.538. The highest BCUT2D eigenvalue weighted by molar-refractivity contribution is 9.10. The Morgan fingerprint density at radius 3 is 2.52 bits per heavy atom. The molecule has 1 fully saturated rings. The van der Waals surface area contributed by atoms with Crippen LogP contribution in [0, 0.1) is 5.41 Å². The van der Waals surface area contributed by atoms with E-state index in [-0.39, 0.29) is 23.3 Å². The van der Waals surface area contributed by atoms with Gasteiger partial charge in [-0.1, -0.05) is 54.8 Å². The predicted octanol–water partition coefficient (Wildman–Crippen LogP) is 6.32. The van der Waals surface area contributed by atoms with E-state index in [0.717, 1.165) is 59.1 Å². The van der Waals surface area contributed by atoms with Crippen molar-refractivity contribution in [3.05, 3.63) is 56.8 Å². The van der Waals surface area contributed by atoms with Gasteiger partial charge in [0.15, 0.2) is 5.78 Å². The maximum absolute atomic E-state index is 13.5. The first-order valence-electron chi connectivity index (χ1n) is 11.5. The number of hydrogen-bond donors (Lipinski definition) is 1. The molecular formula is C26H32BrNO3. The number of hydrogen-bond acceptors (Lipinski definition) is 4. The molecule has 0 radical (unpaired) electrons. The van der Waals surface area contributed by atoms with Crippen molar-refractivity contribution in [2.75, 3.05) is 0 Å². The van der Waals surface area contributed by atoms with Crippen molar-refractivity contribution >= 4 is 27.7 Å². The van der Waals surface area contributed by atoms with Gasteiger partial charge >= 0.3 is 5.97 Å². The van der Waals surface area contributed by atoms with Crippen LogP contribution in [0.2, 0.25) is 0 Å². The lowest BCUT2D eigenvalue weighted by atomic mass is 9.68. The summed E-state index contributed by atoms with van der Waals surface area (Å²) in [5.41, 5.74) is 3.92. The standard InChI is InChI=1S/C26H32BrNO3/c1-16-22(25(30)31-19-11-6-4-5-7-12-19)23(17-9-8-10-18(27)13-17)24-20(28-16)14-26(2,3)15-21(24)29/h8-10,13,19,23,28H,4-7,11-12,14-15H2,1-3H3/t23-/m1/s1. The summed E-state index contributed by atoms with van der Waals surface area (Å²) in [4.78, 5) is 26.8. The van der Waals surface area contributed by atoms with Crippen LogP contribution in [-0.2, 0) is 14.3 Å². The minimum Gasteiger partial charge on any atom is -0.459 e. The molecule has 1 aromatic rings. The van der Waals surface area contributed by atoms with Crippen LogP contribution in [0.1, 0.15) is 83.6 Å². The molecule has 1 aliphatic heterocycles. The molecule has 1 aromatic carbocycles. The molecule has 1 atom stereocenters. The zero-order valence-electron chi connectivity index (χ0n) is 18.7. The van der Waals surface area contributed by atoms with Gasteiger partial charge in [-0.3, -0.25) is 4.79 Å². The van der Waals surface area contributed by atoms with Gasteiger partial charge in [-0.25, -0.2) is 4.79 Å². The highest BCUT2D eigenvalue weighted by Gasteiger charge is 2.43. The highest BCUT2D eigenvalue weighted by atomic mass is 79.9. The minimum absolute atomic E-state index is 0.0326. The smallest absolute Gasteiger partial charge is 0.337 e. The van der Waals surface area contributed by atoms with Gasteiger partial charge in [0, 0.05) is 33.8 Å². The predicted molar refractivity (Wildman–Crippen MR) is 125 cm³/mol. The number of carbonyl (C=O) groups excluding carboxylic acids is 2. The third-order valence-electron chi connectivity index (χ3n) is 6.72. The largest absolute Gasteiger partial charge is 0.459 e. The molecule has 5 heteroatoms.